The highest BCUT2D eigenvalue weighted by Crippen LogP contribution is 2.22. The smallest absolute Gasteiger partial charge is 0.251 e. The van der Waals surface area contributed by atoms with E-state index in [1.807, 2.05) is 30.3 Å². The van der Waals surface area contributed by atoms with Crippen molar-refractivity contribution in [2.24, 2.45) is 0 Å². The predicted molar refractivity (Wildman–Crippen MR) is 93.8 cm³/mol. The van der Waals surface area contributed by atoms with E-state index in [0.717, 1.165) is 9.21 Å². The molecule has 0 unspecified atom stereocenters. The van der Waals surface area contributed by atoms with Crippen molar-refractivity contribution < 1.29 is 9.59 Å². The lowest BCUT2D eigenvalue weighted by Gasteiger charge is -2.16. The summed E-state index contributed by atoms with van der Waals surface area (Å²) >= 11 is 7.36. The van der Waals surface area contributed by atoms with E-state index in [2.05, 4.69) is 5.32 Å². The summed E-state index contributed by atoms with van der Waals surface area (Å²) in [5, 5.41) is 2.82. The maximum Gasteiger partial charge on any atom is 0.251 e. The van der Waals surface area contributed by atoms with Gasteiger partial charge in [-0.2, -0.15) is 0 Å². The number of carbonyl (C=O) groups is 2. The molecule has 0 aliphatic rings. The first-order valence-corrected chi connectivity index (χ1v) is 8.57. The molecular formula is C17H19ClN2O2S. The maximum absolute atomic E-state index is 12.1. The minimum atomic E-state index is -0.111. The Morgan fingerprint density at radius 1 is 1.17 bits per heavy atom. The van der Waals surface area contributed by atoms with Crippen molar-refractivity contribution in [2.75, 3.05) is 13.6 Å². The molecule has 1 aromatic heterocycles. The van der Waals surface area contributed by atoms with Crippen LogP contribution in [0.2, 0.25) is 4.34 Å². The third-order valence-corrected chi connectivity index (χ3v) is 4.55. The molecule has 1 aromatic carbocycles. The monoisotopic (exact) mass is 350 g/mol. The highest BCUT2D eigenvalue weighted by molar-refractivity contribution is 7.16. The van der Waals surface area contributed by atoms with Crippen molar-refractivity contribution >= 4 is 34.8 Å². The molecule has 0 fully saturated rings. The molecule has 0 aliphatic heterocycles. The average Bonchev–Trinajstić information content (AvgIpc) is 2.96. The maximum atomic E-state index is 12.1. The number of nitrogens with one attached hydrogen (secondary N) is 1. The van der Waals surface area contributed by atoms with Gasteiger partial charge in [0.25, 0.3) is 5.91 Å². The number of hydrogen-bond acceptors (Lipinski definition) is 3. The van der Waals surface area contributed by atoms with Crippen molar-refractivity contribution in [3.05, 3.63) is 57.2 Å². The van der Waals surface area contributed by atoms with Gasteiger partial charge < -0.3 is 10.2 Å². The first kappa shape index (κ1) is 17.5. The second kappa shape index (κ2) is 8.70. The molecule has 6 heteroatoms. The molecule has 1 N–H and O–H groups in total. The lowest BCUT2D eigenvalue weighted by molar-refractivity contribution is -0.130. The minimum Gasteiger partial charge on any atom is -0.352 e. The minimum absolute atomic E-state index is 0.0588. The lowest BCUT2D eigenvalue weighted by Crippen LogP contribution is -2.28. The number of thiophene rings is 1. The normalized spacial score (nSPS) is 10.3. The van der Waals surface area contributed by atoms with Crippen molar-refractivity contribution in [3.63, 3.8) is 0 Å². The van der Waals surface area contributed by atoms with Gasteiger partial charge in [-0.05, 0) is 30.7 Å². The fourth-order valence-corrected chi connectivity index (χ4v) is 3.22. The number of nitrogens with zero attached hydrogens (tertiary/aromatic N) is 1. The van der Waals surface area contributed by atoms with E-state index in [4.69, 9.17) is 11.6 Å². The van der Waals surface area contributed by atoms with Crippen LogP contribution < -0.4 is 5.32 Å². The number of rotatable bonds is 7. The Balaban J connectivity index is 1.67. The van der Waals surface area contributed by atoms with Crippen LogP contribution in [0.5, 0.6) is 0 Å². The molecule has 4 nitrogen and oxygen atoms in total. The third-order valence-electron chi connectivity index (χ3n) is 3.34. The fourth-order valence-electron chi connectivity index (χ4n) is 2.08. The SMILES string of the molecule is CN(Cc1ccc(Cl)s1)C(=O)CCCNC(=O)c1ccccc1. The van der Waals surface area contributed by atoms with E-state index < -0.39 is 0 Å². The highest BCUT2D eigenvalue weighted by atomic mass is 35.5. The molecular weight excluding hydrogens is 332 g/mol. The Labute approximate surface area is 145 Å². The largest absolute Gasteiger partial charge is 0.352 e. The Morgan fingerprint density at radius 3 is 2.57 bits per heavy atom. The zero-order valence-electron chi connectivity index (χ0n) is 12.9. The molecule has 122 valence electrons. The van der Waals surface area contributed by atoms with Crippen LogP contribution in [0.3, 0.4) is 0 Å². The second-order valence-electron chi connectivity index (χ2n) is 5.18. The zero-order chi connectivity index (χ0) is 16.7. The van der Waals surface area contributed by atoms with Gasteiger partial charge in [-0.1, -0.05) is 29.8 Å². The summed E-state index contributed by atoms with van der Waals surface area (Å²) in [4.78, 5) is 26.6. The van der Waals surface area contributed by atoms with Gasteiger partial charge in [-0.15, -0.1) is 11.3 Å². The van der Waals surface area contributed by atoms with Gasteiger partial charge in [-0.3, -0.25) is 9.59 Å². The molecule has 0 saturated heterocycles. The molecule has 2 aromatic rings. The molecule has 0 radical (unpaired) electrons. The molecule has 0 saturated carbocycles. The number of hydrogen-bond donors (Lipinski definition) is 1. The Bertz CT molecular complexity index is 658. The number of amides is 2. The molecule has 0 atom stereocenters. The van der Waals surface area contributed by atoms with Gasteiger partial charge in [0.05, 0.1) is 10.9 Å². The Kier molecular flexibility index (Phi) is 6.62. The predicted octanol–water partition coefficient (Wildman–Crippen LogP) is 3.57. The first-order valence-electron chi connectivity index (χ1n) is 7.37. The average molecular weight is 351 g/mol. The van der Waals surface area contributed by atoms with Crippen LogP contribution in [0.15, 0.2) is 42.5 Å². The van der Waals surface area contributed by atoms with Crippen molar-refractivity contribution in [1.82, 2.24) is 10.2 Å². The second-order valence-corrected chi connectivity index (χ2v) is 6.98. The van der Waals surface area contributed by atoms with Crippen molar-refractivity contribution in [3.8, 4) is 0 Å². The molecule has 0 bridgehead atoms. The topological polar surface area (TPSA) is 49.4 Å². The summed E-state index contributed by atoms with van der Waals surface area (Å²) in [6.07, 6.45) is 1.03. The summed E-state index contributed by atoms with van der Waals surface area (Å²) < 4.78 is 0.726. The van der Waals surface area contributed by atoms with Gasteiger partial charge in [0.2, 0.25) is 5.91 Å². The number of halogens is 1. The van der Waals surface area contributed by atoms with Gasteiger partial charge >= 0.3 is 0 Å². The Hall–Kier alpha value is -1.85. The van der Waals surface area contributed by atoms with Gasteiger partial charge in [0.1, 0.15) is 0 Å². The van der Waals surface area contributed by atoms with Crippen LogP contribution in [0.1, 0.15) is 28.1 Å². The van der Waals surface area contributed by atoms with Gasteiger partial charge in [0, 0.05) is 30.5 Å². The van der Waals surface area contributed by atoms with Gasteiger partial charge in [0.15, 0.2) is 0 Å². The first-order chi connectivity index (χ1) is 11.1. The third kappa shape index (κ3) is 5.69. The van der Waals surface area contributed by atoms with Gasteiger partial charge in [-0.25, -0.2) is 0 Å². The van der Waals surface area contributed by atoms with Crippen molar-refractivity contribution in [1.29, 1.82) is 0 Å². The van der Waals surface area contributed by atoms with E-state index in [1.165, 1.54) is 11.3 Å². The van der Waals surface area contributed by atoms with Crippen LogP contribution in [0.25, 0.3) is 0 Å². The molecule has 2 rings (SSSR count). The summed E-state index contributed by atoms with van der Waals surface area (Å²) in [5.41, 5.74) is 0.630. The summed E-state index contributed by atoms with van der Waals surface area (Å²) in [7, 11) is 1.78. The molecule has 1 heterocycles. The quantitative estimate of drug-likeness (QED) is 0.776. The standard InChI is InChI=1S/C17H19ClN2O2S/c1-20(12-14-9-10-15(18)23-14)16(21)8-5-11-19-17(22)13-6-3-2-4-7-13/h2-4,6-7,9-10H,5,8,11-12H2,1H3,(H,19,22). The van der Waals surface area contributed by atoms with E-state index in [-0.39, 0.29) is 11.8 Å². The molecule has 2 amide bonds. The zero-order valence-corrected chi connectivity index (χ0v) is 14.5. The molecule has 23 heavy (non-hydrogen) atoms. The number of benzene rings is 1. The van der Waals surface area contributed by atoms with E-state index in [9.17, 15) is 9.59 Å². The summed E-state index contributed by atoms with van der Waals surface area (Å²) in [5.74, 6) is -0.0527. The van der Waals surface area contributed by atoms with E-state index in [1.54, 1.807) is 24.1 Å². The van der Waals surface area contributed by atoms with E-state index >= 15 is 0 Å². The Morgan fingerprint density at radius 2 is 1.91 bits per heavy atom. The molecule has 0 spiro atoms. The van der Waals surface area contributed by atoms with Crippen LogP contribution in [0.4, 0.5) is 0 Å². The van der Waals surface area contributed by atoms with Crippen LogP contribution >= 0.6 is 22.9 Å². The summed E-state index contributed by atoms with van der Waals surface area (Å²) in [6.45, 7) is 1.05. The molecule has 0 aliphatic carbocycles. The summed E-state index contributed by atoms with van der Waals surface area (Å²) in [6, 6.07) is 12.8. The number of carbonyl (C=O) groups excluding carboxylic acids is 2. The van der Waals surface area contributed by atoms with Crippen LogP contribution in [-0.2, 0) is 11.3 Å². The van der Waals surface area contributed by atoms with E-state index in [0.29, 0.717) is 31.5 Å². The van der Waals surface area contributed by atoms with Crippen molar-refractivity contribution in [2.45, 2.75) is 19.4 Å². The van der Waals surface area contributed by atoms with Crippen LogP contribution in [-0.4, -0.2) is 30.3 Å². The lowest BCUT2D eigenvalue weighted by atomic mass is 10.2. The highest BCUT2D eigenvalue weighted by Gasteiger charge is 2.11. The fraction of sp³-hybridized carbons (Fsp3) is 0.294. The van der Waals surface area contributed by atoms with Crippen LogP contribution in [0, 0.1) is 0 Å².